The van der Waals surface area contributed by atoms with E-state index in [0.717, 1.165) is 28.6 Å². The van der Waals surface area contributed by atoms with Crippen molar-refractivity contribution in [2.75, 3.05) is 20.2 Å². The predicted octanol–water partition coefficient (Wildman–Crippen LogP) is 4.87. The molecule has 1 fully saturated rings. The largest absolute Gasteiger partial charge is 0.497 e. The molecule has 1 saturated heterocycles. The van der Waals surface area contributed by atoms with Gasteiger partial charge in [0.1, 0.15) is 11.4 Å². The van der Waals surface area contributed by atoms with Gasteiger partial charge in [-0.3, -0.25) is 0 Å². The third kappa shape index (κ3) is 5.57. The topological polar surface area (TPSA) is 38.8 Å². The first-order chi connectivity index (χ1) is 10.8. The van der Waals surface area contributed by atoms with Gasteiger partial charge in [-0.15, -0.1) is 0 Å². The Bertz CT molecular complexity index is 595. The number of carbonyl (C=O) groups excluding carboxylic acids is 1. The molecule has 4 nitrogen and oxygen atoms in total. The molecular weight excluding hydrogens is 358 g/mol. The SMILES string of the molecule is COc1cc(Br)cc(C=C2CCN(C(=O)OC(C)(C)C)CC2)c1. The third-order valence-corrected chi connectivity index (χ3v) is 4.02. The zero-order valence-corrected chi connectivity index (χ0v) is 15.8. The fraction of sp³-hybridized carbons (Fsp3) is 0.500. The molecule has 23 heavy (non-hydrogen) atoms. The predicted molar refractivity (Wildman–Crippen MR) is 95.7 cm³/mol. The molecule has 0 unspecified atom stereocenters. The Morgan fingerprint density at radius 3 is 2.43 bits per heavy atom. The molecule has 0 aromatic heterocycles. The van der Waals surface area contributed by atoms with Crippen LogP contribution in [0.4, 0.5) is 4.79 Å². The van der Waals surface area contributed by atoms with Gasteiger partial charge in [0.2, 0.25) is 0 Å². The van der Waals surface area contributed by atoms with Crippen molar-refractivity contribution < 1.29 is 14.3 Å². The number of benzene rings is 1. The quantitative estimate of drug-likeness (QED) is 0.733. The van der Waals surface area contributed by atoms with E-state index >= 15 is 0 Å². The van der Waals surface area contributed by atoms with E-state index in [-0.39, 0.29) is 6.09 Å². The summed E-state index contributed by atoms with van der Waals surface area (Å²) in [5, 5.41) is 0. The number of nitrogens with zero attached hydrogens (tertiary/aromatic N) is 1. The molecular formula is C18H24BrNO3. The number of rotatable bonds is 2. The first-order valence-corrected chi connectivity index (χ1v) is 8.58. The van der Waals surface area contributed by atoms with Crippen LogP contribution in [0, 0.1) is 0 Å². The van der Waals surface area contributed by atoms with Crippen molar-refractivity contribution in [2.45, 2.75) is 39.2 Å². The molecule has 0 bridgehead atoms. The van der Waals surface area contributed by atoms with E-state index in [1.54, 1.807) is 12.0 Å². The van der Waals surface area contributed by atoms with Crippen LogP contribution < -0.4 is 4.74 Å². The highest BCUT2D eigenvalue weighted by Gasteiger charge is 2.24. The molecule has 0 saturated carbocycles. The highest BCUT2D eigenvalue weighted by atomic mass is 79.9. The van der Waals surface area contributed by atoms with Gasteiger partial charge >= 0.3 is 6.09 Å². The molecule has 1 aromatic rings. The summed E-state index contributed by atoms with van der Waals surface area (Å²) in [6.45, 7) is 7.07. The van der Waals surface area contributed by atoms with Gasteiger partial charge < -0.3 is 14.4 Å². The van der Waals surface area contributed by atoms with Crippen LogP contribution in [0.3, 0.4) is 0 Å². The molecule has 0 spiro atoms. The van der Waals surface area contributed by atoms with Crippen molar-refractivity contribution in [2.24, 2.45) is 0 Å². The van der Waals surface area contributed by atoms with Gasteiger partial charge in [-0.2, -0.15) is 0 Å². The lowest BCUT2D eigenvalue weighted by Crippen LogP contribution is -2.40. The number of likely N-dealkylation sites (tertiary alicyclic amines) is 1. The lowest BCUT2D eigenvalue weighted by atomic mass is 10.0. The van der Waals surface area contributed by atoms with Gasteiger partial charge in [0.05, 0.1) is 7.11 Å². The number of halogens is 1. The van der Waals surface area contributed by atoms with E-state index in [1.807, 2.05) is 32.9 Å². The standard InChI is InChI=1S/C18H24BrNO3/c1-18(2,3)23-17(21)20-7-5-13(6-8-20)9-14-10-15(19)12-16(11-14)22-4/h9-12H,5-8H2,1-4H3. The van der Waals surface area contributed by atoms with E-state index in [1.165, 1.54) is 5.57 Å². The fourth-order valence-electron chi connectivity index (χ4n) is 2.47. The Morgan fingerprint density at radius 2 is 1.87 bits per heavy atom. The average molecular weight is 382 g/mol. The average Bonchev–Trinajstić information content (AvgIpc) is 2.45. The zero-order valence-electron chi connectivity index (χ0n) is 14.2. The second-order valence-corrected chi connectivity index (χ2v) is 7.61. The number of hydrogen-bond acceptors (Lipinski definition) is 3. The van der Waals surface area contributed by atoms with Gasteiger partial charge in [0, 0.05) is 17.6 Å². The molecule has 126 valence electrons. The Morgan fingerprint density at radius 1 is 1.22 bits per heavy atom. The third-order valence-electron chi connectivity index (χ3n) is 3.56. The van der Waals surface area contributed by atoms with Crippen LogP contribution in [0.25, 0.3) is 6.08 Å². The zero-order chi connectivity index (χ0) is 17.0. The number of hydrogen-bond donors (Lipinski definition) is 0. The van der Waals surface area contributed by atoms with E-state index in [4.69, 9.17) is 9.47 Å². The number of ether oxygens (including phenoxy) is 2. The van der Waals surface area contributed by atoms with Gasteiger partial charge in [-0.1, -0.05) is 27.6 Å². The number of methoxy groups -OCH3 is 1. The van der Waals surface area contributed by atoms with Crippen molar-refractivity contribution in [1.29, 1.82) is 0 Å². The first kappa shape index (κ1) is 17.9. The smallest absolute Gasteiger partial charge is 0.410 e. The van der Waals surface area contributed by atoms with Crippen LogP contribution in [0.15, 0.2) is 28.2 Å². The van der Waals surface area contributed by atoms with Gasteiger partial charge in [0.25, 0.3) is 0 Å². The maximum absolute atomic E-state index is 12.1. The molecule has 0 N–H and O–H groups in total. The number of piperidine rings is 1. The van der Waals surface area contributed by atoms with Crippen LogP contribution in [-0.2, 0) is 4.74 Å². The minimum atomic E-state index is -0.444. The summed E-state index contributed by atoms with van der Waals surface area (Å²) in [6, 6.07) is 6.01. The normalized spacial score (nSPS) is 15.3. The van der Waals surface area contributed by atoms with Crippen LogP contribution in [0.2, 0.25) is 0 Å². The van der Waals surface area contributed by atoms with Gasteiger partial charge in [-0.25, -0.2) is 4.79 Å². The van der Waals surface area contributed by atoms with E-state index in [9.17, 15) is 4.79 Å². The summed E-state index contributed by atoms with van der Waals surface area (Å²) in [4.78, 5) is 13.9. The Balaban J connectivity index is 1.99. The molecule has 1 aromatic carbocycles. The number of carbonyl (C=O) groups is 1. The Hall–Kier alpha value is -1.49. The molecule has 1 aliphatic heterocycles. The molecule has 5 heteroatoms. The molecule has 1 aliphatic rings. The van der Waals surface area contributed by atoms with Crippen LogP contribution in [0.5, 0.6) is 5.75 Å². The second kappa shape index (κ2) is 7.39. The Labute approximate surface area is 146 Å². The highest BCUT2D eigenvalue weighted by Crippen LogP contribution is 2.26. The fourth-order valence-corrected chi connectivity index (χ4v) is 2.96. The van der Waals surface area contributed by atoms with Crippen LogP contribution in [0.1, 0.15) is 39.2 Å². The summed E-state index contributed by atoms with van der Waals surface area (Å²) in [7, 11) is 1.66. The summed E-state index contributed by atoms with van der Waals surface area (Å²) >= 11 is 3.50. The van der Waals surface area contributed by atoms with E-state index in [0.29, 0.717) is 13.1 Å². The minimum absolute atomic E-state index is 0.222. The van der Waals surface area contributed by atoms with E-state index in [2.05, 4.69) is 28.1 Å². The molecule has 1 amide bonds. The first-order valence-electron chi connectivity index (χ1n) is 7.79. The molecule has 0 aliphatic carbocycles. The lowest BCUT2D eigenvalue weighted by molar-refractivity contribution is 0.0237. The van der Waals surface area contributed by atoms with Crippen LogP contribution in [-0.4, -0.2) is 36.8 Å². The van der Waals surface area contributed by atoms with Crippen LogP contribution >= 0.6 is 15.9 Å². The molecule has 1 heterocycles. The maximum Gasteiger partial charge on any atom is 0.410 e. The molecule has 2 rings (SSSR count). The number of amides is 1. The van der Waals surface area contributed by atoms with Crippen molar-refractivity contribution in [3.05, 3.63) is 33.8 Å². The second-order valence-electron chi connectivity index (χ2n) is 6.69. The van der Waals surface area contributed by atoms with E-state index < -0.39 is 5.60 Å². The lowest BCUT2D eigenvalue weighted by Gasteiger charge is -2.31. The maximum atomic E-state index is 12.1. The monoisotopic (exact) mass is 381 g/mol. The van der Waals surface area contributed by atoms with Crippen molar-refractivity contribution >= 4 is 28.1 Å². The summed E-state index contributed by atoms with van der Waals surface area (Å²) < 4.78 is 11.7. The van der Waals surface area contributed by atoms with Gasteiger partial charge in [-0.05, 0) is 57.4 Å². The summed E-state index contributed by atoms with van der Waals surface area (Å²) in [5.41, 5.74) is 2.00. The summed E-state index contributed by atoms with van der Waals surface area (Å²) in [6.07, 6.45) is 3.70. The minimum Gasteiger partial charge on any atom is -0.497 e. The van der Waals surface area contributed by atoms with Crippen molar-refractivity contribution in [3.8, 4) is 5.75 Å². The molecule has 0 radical (unpaired) electrons. The van der Waals surface area contributed by atoms with Gasteiger partial charge in [0.15, 0.2) is 0 Å². The molecule has 0 atom stereocenters. The Kier molecular flexibility index (Phi) is 5.74. The highest BCUT2D eigenvalue weighted by molar-refractivity contribution is 9.10. The summed E-state index contributed by atoms with van der Waals surface area (Å²) in [5.74, 6) is 0.831. The van der Waals surface area contributed by atoms with Crippen molar-refractivity contribution in [1.82, 2.24) is 4.90 Å². The van der Waals surface area contributed by atoms with Crippen molar-refractivity contribution in [3.63, 3.8) is 0 Å².